The minimum atomic E-state index is 0.197. The van der Waals surface area contributed by atoms with Gasteiger partial charge in [-0.05, 0) is 46.4 Å². The van der Waals surface area contributed by atoms with Gasteiger partial charge in [0.15, 0.2) is 0 Å². The molecule has 0 radical (unpaired) electrons. The van der Waals surface area contributed by atoms with Gasteiger partial charge in [-0.25, -0.2) is 0 Å². The van der Waals surface area contributed by atoms with E-state index < -0.39 is 0 Å². The van der Waals surface area contributed by atoms with Crippen LogP contribution in [0.25, 0.3) is 16.6 Å². The Balaban J connectivity index is 1.65. The number of thioether (sulfide) groups is 1. The second-order valence-corrected chi connectivity index (χ2v) is 8.99. The van der Waals surface area contributed by atoms with E-state index in [9.17, 15) is 0 Å². The molecule has 0 fully saturated rings. The molecule has 2 aromatic carbocycles. The van der Waals surface area contributed by atoms with Crippen LogP contribution in [0.2, 0.25) is 0 Å². The van der Waals surface area contributed by atoms with Crippen molar-refractivity contribution in [3.05, 3.63) is 96.3 Å². The Morgan fingerprint density at radius 1 is 0.815 bits per heavy atom. The van der Waals surface area contributed by atoms with E-state index >= 15 is 0 Å². The Kier molecular flexibility index (Phi) is 4.84. The minimum Gasteiger partial charge on any atom is -0.323 e. The van der Waals surface area contributed by atoms with Crippen LogP contribution in [-0.4, -0.2) is 4.40 Å². The van der Waals surface area contributed by atoms with E-state index in [-0.39, 0.29) is 5.41 Å². The molecule has 27 heavy (non-hydrogen) atoms. The third-order valence-electron chi connectivity index (χ3n) is 4.98. The third-order valence-corrected chi connectivity index (χ3v) is 6.02. The summed E-state index contributed by atoms with van der Waals surface area (Å²) in [6.07, 6.45) is 4.39. The summed E-state index contributed by atoms with van der Waals surface area (Å²) in [5.74, 6) is 0.958. The van der Waals surface area contributed by atoms with Gasteiger partial charge in [0, 0.05) is 34.1 Å². The van der Waals surface area contributed by atoms with Crippen LogP contribution in [0, 0.1) is 0 Å². The predicted octanol–water partition coefficient (Wildman–Crippen LogP) is 7.20. The Morgan fingerprint density at radius 3 is 2.22 bits per heavy atom. The molecular weight excluding hydrogens is 346 g/mol. The van der Waals surface area contributed by atoms with Gasteiger partial charge in [0.05, 0.1) is 0 Å². The molecule has 2 aromatic heterocycles. The van der Waals surface area contributed by atoms with E-state index in [0.717, 1.165) is 5.75 Å². The van der Waals surface area contributed by atoms with Crippen molar-refractivity contribution in [3.63, 3.8) is 0 Å². The lowest BCUT2D eigenvalue weighted by Gasteiger charge is -2.19. The maximum Gasteiger partial charge on any atom is 0.0496 e. The molecule has 0 aliphatic rings. The van der Waals surface area contributed by atoms with E-state index in [1.54, 1.807) is 0 Å². The van der Waals surface area contributed by atoms with Crippen molar-refractivity contribution in [2.75, 3.05) is 0 Å². The summed E-state index contributed by atoms with van der Waals surface area (Å²) >= 11 is 1.91. The van der Waals surface area contributed by atoms with Gasteiger partial charge in [0.2, 0.25) is 0 Å². The third kappa shape index (κ3) is 3.81. The quantitative estimate of drug-likeness (QED) is 0.343. The smallest absolute Gasteiger partial charge is 0.0496 e. The lowest BCUT2D eigenvalue weighted by molar-refractivity contribution is 0.590. The molecule has 0 aliphatic heterocycles. The van der Waals surface area contributed by atoms with Crippen molar-refractivity contribution >= 4 is 17.3 Å². The molecule has 0 spiro atoms. The van der Waals surface area contributed by atoms with Crippen molar-refractivity contribution < 1.29 is 0 Å². The zero-order valence-electron chi connectivity index (χ0n) is 16.1. The Bertz CT molecular complexity index is 1040. The fourth-order valence-electron chi connectivity index (χ4n) is 3.40. The first-order valence-corrected chi connectivity index (χ1v) is 10.4. The summed E-state index contributed by atoms with van der Waals surface area (Å²) in [4.78, 5) is 1.32. The Morgan fingerprint density at radius 2 is 1.52 bits per heavy atom. The van der Waals surface area contributed by atoms with Gasteiger partial charge in [-0.2, -0.15) is 0 Å². The molecule has 0 amide bonds. The van der Waals surface area contributed by atoms with Crippen LogP contribution in [0.4, 0.5) is 0 Å². The summed E-state index contributed by atoms with van der Waals surface area (Å²) in [5.41, 5.74) is 6.86. The van der Waals surface area contributed by atoms with Gasteiger partial charge in [0.1, 0.15) is 0 Å². The number of pyridine rings is 1. The molecule has 2 heterocycles. The Hall–Kier alpha value is -2.45. The SMILES string of the molecule is CC(C)(C)c1ccc(SCc2c(-c3ccccc3)cn3ccccc23)cc1. The van der Waals surface area contributed by atoms with Crippen LogP contribution >= 0.6 is 11.8 Å². The van der Waals surface area contributed by atoms with Gasteiger partial charge in [0.25, 0.3) is 0 Å². The molecule has 0 N–H and O–H groups in total. The van der Waals surface area contributed by atoms with Crippen LogP contribution in [-0.2, 0) is 11.2 Å². The molecule has 0 atom stereocenters. The molecule has 1 nitrogen and oxygen atoms in total. The summed E-state index contributed by atoms with van der Waals surface area (Å²) < 4.78 is 2.24. The number of fused-ring (bicyclic) bond motifs is 1. The van der Waals surface area contributed by atoms with E-state index in [1.165, 1.54) is 32.7 Å². The second-order valence-electron chi connectivity index (χ2n) is 7.94. The fourth-order valence-corrected chi connectivity index (χ4v) is 4.35. The molecule has 0 bridgehead atoms. The van der Waals surface area contributed by atoms with Crippen molar-refractivity contribution in [3.8, 4) is 11.1 Å². The maximum absolute atomic E-state index is 2.26. The maximum atomic E-state index is 2.26. The van der Waals surface area contributed by atoms with Crippen LogP contribution in [0.3, 0.4) is 0 Å². The number of hydrogen-bond donors (Lipinski definition) is 0. The van der Waals surface area contributed by atoms with Crippen molar-refractivity contribution in [2.45, 2.75) is 36.8 Å². The largest absolute Gasteiger partial charge is 0.323 e. The predicted molar refractivity (Wildman–Crippen MR) is 118 cm³/mol. The lowest BCUT2D eigenvalue weighted by Crippen LogP contribution is -2.10. The molecule has 0 aliphatic carbocycles. The zero-order chi connectivity index (χ0) is 18.9. The van der Waals surface area contributed by atoms with Crippen LogP contribution in [0.15, 0.2) is 90.1 Å². The first-order valence-electron chi connectivity index (χ1n) is 9.40. The lowest BCUT2D eigenvalue weighted by atomic mass is 9.87. The molecule has 0 saturated heterocycles. The molecule has 4 rings (SSSR count). The number of nitrogens with zero attached hydrogens (tertiary/aromatic N) is 1. The van der Waals surface area contributed by atoms with Gasteiger partial charge >= 0.3 is 0 Å². The van der Waals surface area contributed by atoms with Gasteiger partial charge in [-0.1, -0.05) is 69.3 Å². The summed E-state index contributed by atoms with van der Waals surface area (Å²) in [6.45, 7) is 6.78. The van der Waals surface area contributed by atoms with Crippen LogP contribution in [0.1, 0.15) is 31.9 Å². The van der Waals surface area contributed by atoms with Gasteiger partial charge in [-0.3, -0.25) is 0 Å². The molecule has 0 unspecified atom stereocenters. The average Bonchev–Trinajstić information content (AvgIpc) is 3.05. The first kappa shape index (κ1) is 17.9. The average molecular weight is 372 g/mol. The topological polar surface area (TPSA) is 4.41 Å². The number of benzene rings is 2. The first-order chi connectivity index (χ1) is 13.0. The highest BCUT2D eigenvalue weighted by Crippen LogP contribution is 2.34. The molecule has 2 heteroatoms. The summed E-state index contributed by atoms with van der Waals surface area (Å²) in [5, 5.41) is 0. The Labute approximate surface area is 166 Å². The van der Waals surface area contributed by atoms with E-state index in [0.29, 0.717) is 0 Å². The summed E-state index contributed by atoms with van der Waals surface area (Å²) in [6, 6.07) is 26.1. The highest BCUT2D eigenvalue weighted by Gasteiger charge is 2.14. The van der Waals surface area contributed by atoms with E-state index in [2.05, 4.69) is 110 Å². The van der Waals surface area contributed by atoms with Crippen molar-refractivity contribution in [2.24, 2.45) is 0 Å². The van der Waals surface area contributed by atoms with Gasteiger partial charge in [-0.15, -0.1) is 11.8 Å². The molecular formula is C25H25NS. The molecule has 136 valence electrons. The highest BCUT2D eigenvalue weighted by molar-refractivity contribution is 7.98. The van der Waals surface area contributed by atoms with Crippen molar-refractivity contribution in [1.29, 1.82) is 0 Å². The number of rotatable bonds is 4. The highest BCUT2D eigenvalue weighted by atomic mass is 32.2. The number of hydrogen-bond acceptors (Lipinski definition) is 1. The minimum absolute atomic E-state index is 0.197. The van der Waals surface area contributed by atoms with Gasteiger partial charge < -0.3 is 4.40 Å². The van der Waals surface area contributed by atoms with E-state index in [4.69, 9.17) is 0 Å². The van der Waals surface area contributed by atoms with Crippen LogP contribution in [0.5, 0.6) is 0 Å². The monoisotopic (exact) mass is 371 g/mol. The van der Waals surface area contributed by atoms with Crippen molar-refractivity contribution in [1.82, 2.24) is 4.40 Å². The summed E-state index contributed by atoms with van der Waals surface area (Å²) in [7, 11) is 0. The normalized spacial score (nSPS) is 11.8. The molecule has 0 saturated carbocycles. The zero-order valence-corrected chi connectivity index (χ0v) is 17.0. The standard InChI is InChI=1S/C25H25NS/c1-25(2,3)20-12-14-21(15-13-20)27-18-23-22(19-9-5-4-6-10-19)17-26-16-8-7-11-24(23)26/h4-17H,18H2,1-3H3. The molecule has 4 aromatic rings. The van der Waals surface area contributed by atoms with E-state index in [1.807, 2.05) is 11.8 Å². The second kappa shape index (κ2) is 7.28. The fraction of sp³-hybridized carbons (Fsp3) is 0.200. The van der Waals surface area contributed by atoms with Crippen LogP contribution < -0.4 is 0 Å². The number of aromatic nitrogens is 1.